The zero-order chi connectivity index (χ0) is 24.5. The van der Waals surface area contributed by atoms with Crippen molar-refractivity contribution in [2.24, 2.45) is 0 Å². The Morgan fingerprint density at radius 2 is 1.88 bits per heavy atom. The van der Waals surface area contributed by atoms with Gasteiger partial charge in [-0.2, -0.15) is 0 Å². The maximum Gasteiger partial charge on any atom is 0.254 e. The molecule has 180 valence electrons. The van der Waals surface area contributed by atoms with Crippen LogP contribution in [-0.4, -0.2) is 51.6 Å². The highest BCUT2D eigenvalue weighted by molar-refractivity contribution is 7.92. The number of hydrogen-bond donors (Lipinski definition) is 0. The summed E-state index contributed by atoms with van der Waals surface area (Å²) in [6, 6.07) is 14.4. The molecule has 1 aliphatic rings. The van der Waals surface area contributed by atoms with E-state index in [2.05, 4.69) is 0 Å². The number of hydrogen-bond acceptors (Lipinski definition) is 6. The zero-order valence-corrected chi connectivity index (χ0v) is 21.5. The molecule has 1 aromatic heterocycles. The second-order valence-corrected chi connectivity index (χ2v) is 11.9. The molecule has 0 aliphatic carbocycles. The third-order valence-corrected chi connectivity index (χ3v) is 9.63. The minimum absolute atomic E-state index is 0.0537. The number of methoxy groups -OCH3 is 1. The Kier molecular flexibility index (Phi) is 7.33. The summed E-state index contributed by atoms with van der Waals surface area (Å²) in [4.78, 5) is 14.9. The van der Waals surface area contributed by atoms with Gasteiger partial charge in [0.15, 0.2) is 9.84 Å². The highest BCUT2D eigenvalue weighted by atomic mass is 35.5. The lowest BCUT2D eigenvalue weighted by molar-refractivity contribution is 0.0339. The number of rotatable bonds is 7. The maximum absolute atomic E-state index is 13.2. The highest BCUT2D eigenvalue weighted by Crippen LogP contribution is 2.31. The number of thiophene rings is 1. The Morgan fingerprint density at radius 3 is 2.59 bits per heavy atom. The van der Waals surface area contributed by atoms with Gasteiger partial charge in [0.05, 0.1) is 23.9 Å². The van der Waals surface area contributed by atoms with E-state index in [1.807, 2.05) is 32.0 Å². The van der Waals surface area contributed by atoms with Crippen molar-refractivity contribution in [3.63, 3.8) is 0 Å². The first kappa shape index (κ1) is 24.7. The van der Waals surface area contributed by atoms with Crippen molar-refractivity contribution < 1.29 is 22.7 Å². The number of carbonyl (C=O) groups excluding carboxylic acids is 1. The van der Waals surface area contributed by atoms with Crippen molar-refractivity contribution in [1.82, 2.24) is 4.90 Å². The number of aryl methyl sites for hydroxylation is 2. The van der Waals surface area contributed by atoms with Gasteiger partial charge in [0.2, 0.25) is 0 Å². The minimum Gasteiger partial charge on any atom is -0.486 e. The van der Waals surface area contributed by atoms with Crippen LogP contribution in [0.5, 0.6) is 5.75 Å². The lowest BCUT2D eigenvalue weighted by atomic mass is 10.0. The number of carbonyl (C=O) groups is 1. The molecule has 0 N–H and O–H groups in total. The van der Waals surface area contributed by atoms with Crippen molar-refractivity contribution in [3.05, 3.63) is 81.2 Å². The smallest absolute Gasteiger partial charge is 0.254 e. The van der Waals surface area contributed by atoms with Gasteiger partial charge in [-0.25, -0.2) is 8.42 Å². The number of nitrogens with zero attached hydrogens (tertiary/aromatic N) is 1. The van der Waals surface area contributed by atoms with Gasteiger partial charge < -0.3 is 14.4 Å². The van der Waals surface area contributed by atoms with Crippen LogP contribution in [0.4, 0.5) is 0 Å². The maximum atomic E-state index is 13.2. The lowest BCUT2D eigenvalue weighted by Crippen LogP contribution is -2.32. The molecule has 3 aromatic rings. The van der Waals surface area contributed by atoms with Crippen LogP contribution >= 0.6 is 22.9 Å². The van der Waals surface area contributed by atoms with Gasteiger partial charge in [-0.05, 0) is 54.6 Å². The molecule has 0 unspecified atom stereocenters. The summed E-state index contributed by atoms with van der Waals surface area (Å²) in [5.74, 6) is 0.292. The Morgan fingerprint density at radius 1 is 1.12 bits per heavy atom. The fraction of sp³-hybridized carbons (Fsp3) is 0.320. The summed E-state index contributed by atoms with van der Waals surface area (Å²) < 4.78 is 37.5. The van der Waals surface area contributed by atoms with Gasteiger partial charge in [0, 0.05) is 12.7 Å². The van der Waals surface area contributed by atoms with Crippen molar-refractivity contribution in [2.75, 3.05) is 20.2 Å². The van der Waals surface area contributed by atoms with Crippen LogP contribution in [0.25, 0.3) is 0 Å². The molecule has 2 atom stereocenters. The number of halogens is 1. The van der Waals surface area contributed by atoms with E-state index in [0.29, 0.717) is 30.0 Å². The second kappa shape index (κ2) is 10.1. The molecule has 34 heavy (non-hydrogen) atoms. The highest BCUT2D eigenvalue weighted by Gasteiger charge is 2.37. The Hall–Kier alpha value is -2.39. The molecule has 0 saturated carbocycles. The van der Waals surface area contributed by atoms with E-state index >= 15 is 0 Å². The third kappa shape index (κ3) is 5.30. The average Bonchev–Trinajstić information content (AvgIpc) is 3.41. The summed E-state index contributed by atoms with van der Waals surface area (Å²) in [6.07, 6.45) is -0.677. The standard InChI is InChI=1S/C25H26ClNO5S2/c1-16-7-8-17(2)20(11-16)24(28)27-13-22(31-3)23(14-27)32-19-6-4-5-18(12-19)15-34(29,30)25-21(26)9-10-33-25/h4-12,22-23H,13-15H2,1-3H3/t22-,23-/m1/s1. The zero-order valence-electron chi connectivity index (χ0n) is 19.2. The van der Waals surface area contributed by atoms with E-state index in [1.54, 1.807) is 47.7 Å². The van der Waals surface area contributed by atoms with Crippen LogP contribution in [-0.2, 0) is 20.3 Å². The van der Waals surface area contributed by atoms with Crippen LogP contribution < -0.4 is 4.74 Å². The molecule has 1 saturated heterocycles. The molecule has 0 spiro atoms. The molecule has 1 aliphatic heterocycles. The normalized spacial score (nSPS) is 18.3. The van der Waals surface area contributed by atoms with Gasteiger partial charge in [-0.1, -0.05) is 41.4 Å². The fourth-order valence-electron chi connectivity index (χ4n) is 4.06. The summed E-state index contributed by atoms with van der Waals surface area (Å²) >= 11 is 7.14. The van der Waals surface area contributed by atoms with Crippen LogP contribution in [0, 0.1) is 13.8 Å². The van der Waals surface area contributed by atoms with Gasteiger partial charge in [-0.15, -0.1) is 11.3 Å². The largest absolute Gasteiger partial charge is 0.486 e. The molecule has 1 fully saturated rings. The molecule has 6 nitrogen and oxygen atoms in total. The van der Waals surface area contributed by atoms with Crippen LogP contribution in [0.15, 0.2) is 58.1 Å². The predicted octanol–water partition coefficient (Wildman–Crippen LogP) is 4.91. The van der Waals surface area contributed by atoms with Crippen LogP contribution in [0.2, 0.25) is 5.02 Å². The van der Waals surface area contributed by atoms with Crippen molar-refractivity contribution in [2.45, 2.75) is 36.0 Å². The van der Waals surface area contributed by atoms with E-state index in [1.165, 1.54) is 0 Å². The summed E-state index contributed by atoms with van der Waals surface area (Å²) in [7, 11) is -1.97. The lowest BCUT2D eigenvalue weighted by Gasteiger charge is -2.19. The molecule has 9 heteroatoms. The Labute approximate surface area is 209 Å². The summed E-state index contributed by atoms with van der Waals surface area (Å²) in [5, 5.41) is 1.89. The molecule has 4 rings (SSSR count). The molecule has 0 bridgehead atoms. The number of benzene rings is 2. The van der Waals surface area contributed by atoms with Crippen molar-refractivity contribution >= 4 is 38.7 Å². The number of likely N-dealkylation sites (tertiary alicyclic amines) is 1. The van der Waals surface area contributed by atoms with E-state index in [-0.39, 0.29) is 33.1 Å². The van der Waals surface area contributed by atoms with Gasteiger partial charge in [0.1, 0.15) is 22.2 Å². The number of amides is 1. The quantitative estimate of drug-likeness (QED) is 0.443. The summed E-state index contributed by atoms with van der Waals surface area (Å²) in [5.41, 5.74) is 3.22. The minimum atomic E-state index is -3.56. The SMILES string of the molecule is CO[C@@H]1CN(C(=O)c2cc(C)ccc2C)C[C@H]1Oc1cccc(CS(=O)(=O)c2sccc2Cl)c1. The molecule has 1 amide bonds. The Balaban J connectivity index is 1.48. The topological polar surface area (TPSA) is 72.9 Å². The van der Waals surface area contributed by atoms with Gasteiger partial charge >= 0.3 is 0 Å². The van der Waals surface area contributed by atoms with E-state index < -0.39 is 9.84 Å². The van der Waals surface area contributed by atoms with Crippen LogP contribution in [0.1, 0.15) is 27.0 Å². The van der Waals surface area contributed by atoms with Crippen molar-refractivity contribution in [3.8, 4) is 5.75 Å². The van der Waals surface area contributed by atoms with E-state index in [0.717, 1.165) is 22.5 Å². The second-order valence-electron chi connectivity index (χ2n) is 8.42. The third-order valence-electron chi connectivity index (χ3n) is 5.84. The van der Waals surface area contributed by atoms with Gasteiger partial charge in [0.25, 0.3) is 5.91 Å². The van der Waals surface area contributed by atoms with E-state index in [9.17, 15) is 13.2 Å². The fourth-order valence-corrected chi connectivity index (χ4v) is 7.23. The van der Waals surface area contributed by atoms with E-state index in [4.69, 9.17) is 21.1 Å². The van der Waals surface area contributed by atoms with Crippen LogP contribution in [0.3, 0.4) is 0 Å². The van der Waals surface area contributed by atoms with Crippen molar-refractivity contribution in [1.29, 1.82) is 0 Å². The summed E-state index contributed by atoms with van der Waals surface area (Å²) in [6.45, 7) is 4.67. The van der Waals surface area contributed by atoms with Gasteiger partial charge in [-0.3, -0.25) is 4.79 Å². The number of ether oxygens (including phenoxy) is 2. The average molecular weight is 520 g/mol. The molecule has 0 radical (unpaired) electrons. The first-order valence-electron chi connectivity index (χ1n) is 10.8. The first-order valence-corrected chi connectivity index (χ1v) is 13.7. The first-order chi connectivity index (χ1) is 16.2. The number of sulfone groups is 1. The Bertz CT molecular complexity index is 1300. The monoisotopic (exact) mass is 519 g/mol. The molecular formula is C25H26ClNO5S2. The molecule has 2 aromatic carbocycles. The predicted molar refractivity (Wildman–Crippen MR) is 134 cm³/mol. The molecule has 2 heterocycles. The molecular weight excluding hydrogens is 494 g/mol.